The van der Waals surface area contributed by atoms with Gasteiger partial charge in [0, 0.05) is 18.7 Å². The number of carbonyl (C=O) groups is 1. The number of nitrogens with one attached hydrogen (secondary N) is 1. The number of oxazole rings is 1. The van der Waals surface area contributed by atoms with Crippen molar-refractivity contribution in [3.8, 4) is 0 Å². The lowest BCUT2D eigenvalue weighted by Gasteiger charge is -2.18. The van der Waals surface area contributed by atoms with Crippen LogP contribution in [0.3, 0.4) is 0 Å². The van der Waals surface area contributed by atoms with Crippen LogP contribution < -0.4 is 22.1 Å². The molecule has 0 bridgehead atoms. The Bertz CT molecular complexity index is 642. The first kappa shape index (κ1) is 18.3. The first-order chi connectivity index (χ1) is 11.0. The van der Waals surface area contributed by atoms with Crippen LogP contribution in [-0.4, -0.2) is 18.4 Å². The van der Waals surface area contributed by atoms with Gasteiger partial charge in [0.2, 0.25) is 12.3 Å². The van der Waals surface area contributed by atoms with Gasteiger partial charge in [0.25, 0.3) is 0 Å². The zero-order chi connectivity index (χ0) is 17.2. The highest BCUT2D eigenvalue weighted by atomic mass is 19.1. The van der Waals surface area contributed by atoms with Crippen molar-refractivity contribution in [2.24, 2.45) is 11.7 Å². The minimum absolute atomic E-state index is 0.353. The molecule has 0 aliphatic carbocycles. The Morgan fingerprint density at radius 1 is 1.43 bits per heavy atom. The molecule has 1 aromatic heterocycles. The monoisotopic (exact) mass is 321 g/mol. The molecule has 0 aliphatic heterocycles. The smallest absolute Gasteiger partial charge is 0.221 e. The van der Waals surface area contributed by atoms with E-state index >= 15 is 0 Å². The highest BCUT2D eigenvalue weighted by Gasteiger charge is 2.13. The zero-order valence-corrected chi connectivity index (χ0v) is 13.0. The average Bonchev–Trinajstić information content (AvgIpc) is 3.06. The van der Waals surface area contributed by atoms with Gasteiger partial charge in [-0.1, -0.05) is 13.0 Å². The third-order valence-electron chi connectivity index (χ3n) is 2.90. The third kappa shape index (κ3) is 5.20. The molecule has 5 N–H and O–H groups in total. The maximum absolute atomic E-state index is 13.9. The van der Waals surface area contributed by atoms with Gasteiger partial charge in [0.1, 0.15) is 12.1 Å². The predicted octanol–water partition coefficient (Wildman–Crippen LogP) is 1.46. The maximum Gasteiger partial charge on any atom is 0.221 e. The van der Waals surface area contributed by atoms with Gasteiger partial charge in [-0.05, 0) is 24.1 Å². The summed E-state index contributed by atoms with van der Waals surface area (Å²) in [6.07, 6.45) is 7.70. The van der Waals surface area contributed by atoms with E-state index in [9.17, 15) is 4.39 Å². The number of hydrogen-bond donors (Lipinski definition) is 3. The molecule has 0 saturated carbocycles. The van der Waals surface area contributed by atoms with Gasteiger partial charge < -0.3 is 9.43 Å². The Morgan fingerprint density at radius 3 is 2.61 bits per heavy atom. The standard InChI is InChI=1S/C14H16FN3O.CH4N2O/c1-3-10-4-6-12(15)14(18(2)16)11(10)5-7-13-17-8-9-19-13;2-3-1-4/h4-9H,3,16H2,1-2H3;1H,2H2,(H,3,4)/b7-5+;. The van der Waals surface area contributed by atoms with E-state index in [1.165, 1.54) is 17.3 Å². The van der Waals surface area contributed by atoms with E-state index in [0.29, 0.717) is 18.0 Å². The summed E-state index contributed by atoms with van der Waals surface area (Å²) in [6.45, 7) is 2.01. The number of anilines is 1. The topological polar surface area (TPSA) is 110 Å². The van der Waals surface area contributed by atoms with Crippen molar-refractivity contribution < 1.29 is 13.6 Å². The molecular formula is C15H20FN5O2. The molecule has 0 spiro atoms. The van der Waals surface area contributed by atoms with Crippen molar-refractivity contribution >= 4 is 24.2 Å². The van der Waals surface area contributed by atoms with Crippen molar-refractivity contribution in [2.45, 2.75) is 13.3 Å². The van der Waals surface area contributed by atoms with Crippen LogP contribution in [-0.2, 0) is 11.2 Å². The number of aromatic nitrogens is 1. The SMILES string of the molecule is CCc1ccc(F)c(N(C)N)c1/C=C/c1ncco1.NNC=O. The third-order valence-corrected chi connectivity index (χ3v) is 2.90. The van der Waals surface area contributed by atoms with Crippen molar-refractivity contribution in [1.82, 2.24) is 10.4 Å². The van der Waals surface area contributed by atoms with E-state index in [0.717, 1.165) is 17.5 Å². The molecule has 1 aromatic carbocycles. The van der Waals surface area contributed by atoms with Crippen molar-refractivity contribution in [3.05, 3.63) is 47.4 Å². The molecule has 0 saturated heterocycles. The number of carbonyl (C=O) groups excluding carboxylic acids is 1. The van der Waals surface area contributed by atoms with E-state index < -0.39 is 0 Å². The summed E-state index contributed by atoms with van der Waals surface area (Å²) in [6, 6.07) is 3.19. The number of halogens is 1. The minimum Gasteiger partial charge on any atom is -0.445 e. The summed E-state index contributed by atoms with van der Waals surface area (Å²) >= 11 is 0. The van der Waals surface area contributed by atoms with Crippen molar-refractivity contribution in [2.75, 3.05) is 12.1 Å². The Balaban J connectivity index is 0.000000593. The number of nitrogens with zero attached hydrogens (tertiary/aromatic N) is 2. The first-order valence-electron chi connectivity index (χ1n) is 6.82. The van der Waals surface area contributed by atoms with Gasteiger partial charge in [-0.3, -0.25) is 10.2 Å². The van der Waals surface area contributed by atoms with Gasteiger partial charge in [0.15, 0.2) is 0 Å². The van der Waals surface area contributed by atoms with Crippen LogP contribution in [0.15, 0.2) is 29.0 Å². The molecule has 1 heterocycles. The summed E-state index contributed by atoms with van der Waals surface area (Å²) in [5.74, 6) is 10.2. The van der Waals surface area contributed by atoms with Crippen LogP contribution in [0.4, 0.5) is 10.1 Å². The van der Waals surface area contributed by atoms with Gasteiger partial charge in [-0.25, -0.2) is 21.1 Å². The van der Waals surface area contributed by atoms with E-state index in [2.05, 4.69) is 10.8 Å². The normalized spacial score (nSPS) is 10.1. The second-order valence-corrected chi connectivity index (χ2v) is 4.42. The zero-order valence-electron chi connectivity index (χ0n) is 13.0. The Labute approximate surface area is 133 Å². The molecule has 0 radical (unpaired) electrons. The fourth-order valence-corrected chi connectivity index (χ4v) is 1.95. The minimum atomic E-state index is -0.353. The number of amides is 1. The number of benzene rings is 1. The summed E-state index contributed by atoms with van der Waals surface area (Å²) in [5.41, 5.74) is 3.87. The molecule has 0 unspecified atom stereocenters. The molecular weight excluding hydrogens is 301 g/mol. The summed E-state index contributed by atoms with van der Waals surface area (Å²) in [4.78, 5) is 12.9. The fraction of sp³-hybridized carbons (Fsp3) is 0.200. The van der Waals surface area contributed by atoms with Crippen LogP contribution >= 0.6 is 0 Å². The quantitative estimate of drug-likeness (QED) is 0.333. The average molecular weight is 321 g/mol. The molecule has 0 aliphatic rings. The van der Waals surface area contributed by atoms with Gasteiger partial charge >= 0.3 is 0 Å². The molecule has 124 valence electrons. The second-order valence-electron chi connectivity index (χ2n) is 4.42. The van der Waals surface area contributed by atoms with Gasteiger partial charge in [0.05, 0.1) is 11.9 Å². The first-order valence-corrected chi connectivity index (χ1v) is 6.82. The molecule has 1 amide bonds. The fourth-order valence-electron chi connectivity index (χ4n) is 1.95. The number of aryl methyl sites for hydroxylation is 1. The summed E-state index contributed by atoms with van der Waals surface area (Å²) in [5, 5.41) is 1.28. The number of rotatable bonds is 5. The van der Waals surface area contributed by atoms with E-state index in [-0.39, 0.29) is 5.82 Å². The highest BCUT2D eigenvalue weighted by molar-refractivity contribution is 5.77. The molecule has 0 atom stereocenters. The lowest BCUT2D eigenvalue weighted by atomic mass is 10.0. The molecule has 2 rings (SSSR count). The Morgan fingerprint density at radius 2 is 2.13 bits per heavy atom. The largest absolute Gasteiger partial charge is 0.445 e. The number of nitrogens with two attached hydrogens (primary N) is 2. The number of hydrogen-bond acceptors (Lipinski definition) is 6. The molecule has 2 aromatic rings. The van der Waals surface area contributed by atoms with Gasteiger partial charge in [-0.2, -0.15) is 0 Å². The lowest BCUT2D eigenvalue weighted by Crippen LogP contribution is -2.27. The van der Waals surface area contributed by atoms with Gasteiger partial charge in [-0.15, -0.1) is 0 Å². The van der Waals surface area contributed by atoms with E-state index in [1.807, 2.05) is 6.92 Å². The van der Waals surface area contributed by atoms with E-state index in [4.69, 9.17) is 15.1 Å². The summed E-state index contributed by atoms with van der Waals surface area (Å²) in [7, 11) is 1.61. The van der Waals surface area contributed by atoms with Crippen molar-refractivity contribution in [1.29, 1.82) is 0 Å². The molecule has 8 heteroatoms. The van der Waals surface area contributed by atoms with Crippen LogP contribution in [0.1, 0.15) is 23.9 Å². The Hall–Kier alpha value is -2.71. The second kappa shape index (κ2) is 9.34. The highest BCUT2D eigenvalue weighted by Crippen LogP contribution is 2.27. The van der Waals surface area contributed by atoms with Crippen LogP contribution in [0.5, 0.6) is 0 Å². The molecule has 0 fully saturated rings. The molecule has 7 nitrogen and oxygen atoms in total. The predicted molar refractivity (Wildman–Crippen MR) is 87.2 cm³/mol. The molecule has 23 heavy (non-hydrogen) atoms. The van der Waals surface area contributed by atoms with E-state index in [1.54, 1.807) is 36.9 Å². The maximum atomic E-state index is 13.9. The lowest BCUT2D eigenvalue weighted by molar-refractivity contribution is -0.109. The summed E-state index contributed by atoms with van der Waals surface area (Å²) < 4.78 is 19.0. The van der Waals surface area contributed by atoms with Crippen LogP contribution in [0.2, 0.25) is 0 Å². The number of hydrazine groups is 2. The van der Waals surface area contributed by atoms with Crippen LogP contribution in [0.25, 0.3) is 12.2 Å². The Kier molecular flexibility index (Phi) is 7.44. The van der Waals surface area contributed by atoms with Crippen LogP contribution in [0, 0.1) is 5.82 Å². The van der Waals surface area contributed by atoms with Crippen molar-refractivity contribution in [3.63, 3.8) is 0 Å².